The lowest BCUT2D eigenvalue weighted by molar-refractivity contribution is -0.252. The van der Waals surface area contributed by atoms with Crippen molar-refractivity contribution >= 4 is 11.6 Å². The van der Waals surface area contributed by atoms with Gasteiger partial charge in [-0.05, 0) is 99.2 Å². The summed E-state index contributed by atoms with van der Waals surface area (Å²) < 4.78 is 12.8. The van der Waals surface area contributed by atoms with E-state index in [-0.39, 0.29) is 29.1 Å². The summed E-state index contributed by atoms with van der Waals surface area (Å²) in [5.74, 6) is 3.26. The van der Waals surface area contributed by atoms with Gasteiger partial charge in [0.2, 0.25) is 0 Å². The van der Waals surface area contributed by atoms with E-state index in [1.807, 2.05) is 0 Å². The van der Waals surface area contributed by atoms with Gasteiger partial charge in [0.25, 0.3) is 0 Å². The summed E-state index contributed by atoms with van der Waals surface area (Å²) in [5.41, 5.74) is 0.242. The number of rotatable bonds is 3. The number of carbonyl (C=O) groups is 2. The highest BCUT2D eigenvalue weighted by Gasteiger charge is 2.64. The molecule has 0 N–H and O–H groups in total. The summed E-state index contributed by atoms with van der Waals surface area (Å²) in [6, 6.07) is 0. The summed E-state index contributed by atoms with van der Waals surface area (Å²) in [6.45, 7) is 7.47. The number of hydrogen-bond donors (Lipinski definition) is 0. The van der Waals surface area contributed by atoms with Crippen LogP contribution in [0.4, 0.5) is 0 Å². The lowest BCUT2D eigenvalue weighted by atomic mass is 9.44. The van der Waals surface area contributed by atoms with Crippen LogP contribution in [-0.4, -0.2) is 30.6 Å². The van der Waals surface area contributed by atoms with Gasteiger partial charge >= 0.3 is 0 Å². The molecule has 9 atom stereocenters. The van der Waals surface area contributed by atoms with Gasteiger partial charge in [0.15, 0.2) is 6.29 Å². The lowest BCUT2D eigenvalue weighted by Crippen LogP contribution is -2.60. The molecular weight excluding hydrogens is 376 g/mol. The number of carbonyl (C=O) groups excluding carboxylic acids is 2. The van der Waals surface area contributed by atoms with E-state index in [1.165, 1.54) is 25.7 Å². The van der Waals surface area contributed by atoms with Crippen LogP contribution in [0.5, 0.6) is 0 Å². The Morgan fingerprint density at radius 3 is 2.63 bits per heavy atom. The summed E-state index contributed by atoms with van der Waals surface area (Å²) in [6.07, 6.45) is 11.5. The molecule has 4 nitrogen and oxygen atoms in total. The Labute approximate surface area is 181 Å². The van der Waals surface area contributed by atoms with Crippen molar-refractivity contribution in [3.8, 4) is 0 Å². The van der Waals surface area contributed by atoms with Crippen LogP contribution in [0.15, 0.2) is 0 Å². The van der Waals surface area contributed by atoms with E-state index in [2.05, 4.69) is 13.8 Å². The van der Waals surface area contributed by atoms with Crippen molar-refractivity contribution in [3.63, 3.8) is 0 Å². The van der Waals surface area contributed by atoms with Crippen LogP contribution in [0.25, 0.3) is 0 Å². The smallest absolute Gasteiger partial charge is 0.157 e. The summed E-state index contributed by atoms with van der Waals surface area (Å²) in [7, 11) is 0. The molecule has 0 aromatic heterocycles. The first-order chi connectivity index (χ1) is 14.3. The van der Waals surface area contributed by atoms with Crippen LogP contribution in [0.2, 0.25) is 0 Å². The van der Waals surface area contributed by atoms with Crippen LogP contribution >= 0.6 is 0 Å². The Kier molecular flexibility index (Phi) is 5.41. The van der Waals surface area contributed by atoms with Gasteiger partial charge in [0.05, 0.1) is 6.10 Å². The van der Waals surface area contributed by atoms with Crippen molar-refractivity contribution in [2.45, 2.75) is 104 Å². The maximum Gasteiger partial charge on any atom is 0.157 e. The highest BCUT2D eigenvalue weighted by Crippen LogP contribution is 2.67. The van der Waals surface area contributed by atoms with Crippen LogP contribution in [0, 0.1) is 40.4 Å². The molecule has 4 heteroatoms. The van der Waals surface area contributed by atoms with Crippen LogP contribution in [0.3, 0.4) is 0 Å². The largest absolute Gasteiger partial charge is 0.353 e. The van der Waals surface area contributed by atoms with E-state index < -0.39 is 0 Å². The monoisotopic (exact) mass is 416 g/mol. The molecule has 0 spiro atoms. The molecule has 1 aliphatic heterocycles. The average molecular weight is 417 g/mol. The molecule has 0 aromatic carbocycles. The number of hydrogen-bond acceptors (Lipinski definition) is 4. The van der Waals surface area contributed by atoms with E-state index >= 15 is 0 Å². The molecule has 0 amide bonds. The molecule has 1 heterocycles. The minimum Gasteiger partial charge on any atom is -0.353 e. The number of fused-ring (bicyclic) bond motifs is 5. The minimum atomic E-state index is -0.0871. The summed E-state index contributed by atoms with van der Waals surface area (Å²) in [5, 5.41) is 0. The summed E-state index contributed by atoms with van der Waals surface area (Å²) >= 11 is 0. The van der Waals surface area contributed by atoms with Crippen LogP contribution in [0.1, 0.15) is 91.4 Å². The predicted octanol–water partition coefficient (Wildman–Crippen LogP) is 5.33. The zero-order valence-corrected chi connectivity index (χ0v) is 19.2. The molecule has 5 fully saturated rings. The van der Waals surface area contributed by atoms with Gasteiger partial charge in [-0.2, -0.15) is 0 Å². The Hall–Kier alpha value is -0.740. The van der Waals surface area contributed by atoms with Gasteiger partial charge in [-0.3, -0.25) is 9.59 Å². The van der Waals surface area contributed by atoms with Gasteiger partial charge in [0, 0.05) is 25.4 Å². The second kappa shape index (κ2) is 7.69. The van der Waals surface area contributed by atoms with Crippen molar-refractivity contribution in [3.05, 3.63) is 0 Å². The van der Waals surface area contributed by atoms with E-state index in [0.717, 1.165) is 51.6 Å². The lowest BCUT2D eigenvalue weighted by Gasteiger charge is -2.62. The highest BCUT2D eigenvalue weighted by atomic mass is 16.7. The number of ketones is 2. The van der Waals surface area contributed by atoms with Gasteiger partial charge in [0.1, 0.15) is 11.6 Å². The van der Waals surface area contributed by atoms with Crippen molar-refractivity contribution in [2.24, 2.45) is 40.4 Å². The summed E-state index contributed by atoms with van der Waals surface area (Å²) in [4.78, 5) is 24.9. The Morgan fingerprint density at radius 1 is 1.07 bits per heavy atom. The maximum atomic E-state index is 12.6. The fraction of sp³-hybridized carbons (Fsp3) is 0.923. The molecule has 0 bridgehead atoms. The third-order valence-corrected chi connectivity index (χ3v) is 10.3. The first kappa shape index (κ1) is 21.1. The van der Waals surface area contributed by atoms with Gasteiger partial charge in [-0.15, -0.1) is 0 Å². The molecular formula is C26H40O4. The topological polar surface area (TPSA) is 52.6 Å². The Morgan fingerprint density at radius 2 is 1.90 bits per heavy atom. The standard InChI is InChI=1S/C26H40O4/c1-16(27)20-9-10-21-19-8-7-17-14-18(28)11-12-25(17,2)24(19)22(15-26(20,21)3)30-23-6-4-5-13-29-23/h17,19-24H,4-15H2,1-3H3/t17?,19?,20?,21?,22-,23?,24?,25+,26-/m1/s1. The molecule has 5 rings (SSSR count). The second-order valence-electron chi connectivity index (χ2n) is 11.7. The molecule has 0 aromatic rings. The molecule has 4 aliphatic carbocycles. The SMILES string of the molecule is CC(=O)C1CCC2C3CCC4CC(=O)CC[C@]4(C)C3[C@H](OC3CCCCO3)C[C@]12C. The molecule has 6 unspecified atom stereocenters. The number of ether oxygens (including phenoxy) is 2. The van der Waals surface area contributed by atoms with Crippen LogP contribution in [-0.2, 0) is 19.1 Å². The Bertz CT molecular complexity index is 697. The molecule has 0 radical (unpaired) electrons. The zero-order valence-electron chi connectivity index (χ0n) is 19.2. The van der Waals surface area contributed by atoms with E-state index in [4.69, 9.17) is 9.47 Å². The normalized spacial score (nSPS) is 51.0. The third kappa shape index (κ3) is 3.23. The van der Waals surface area contributed by atoms with E-state index in [9.17, 15) is 9.59 Å². The van der Waals surface area contributed by atoms with Gasteiger partial charge in [-0.1, -0.05) is 13.8 Å². The van der Waals surface area contributed by atoms with Gasteiger partial charge < -0.3 is 9.47 Å². The molecule has 30 heavy (non-hydrogen) atoms. The first-order valence-electron chi connectivity index (χ1n) is 12.6. The number of Topliss-reactive ketones (excluding diaryl/α,β-unsaturated/α-hetero) is 2. The van der Waals surface area contributed by atoms with Crippen molar-refractivity contribution in [1.82, 2.24) is 0 Å². The quantitative estimate of drug-likeness (QED) is 0.624. The van der Waals surface area contributed by atoms with Gasteiger partial charge in [-0.25, -0.2) is 0 Å². The molecule has 168 valence electrons. The van der Waals surface area contributed by atoms with Crippen molar-refractivity contribution < 1.29 is 19.1 Å². The molecule has 4 saturated carbocycles. The third-order valence-electron chi connectivity index (χ3n) is 10.3. The van der Waals surface area contributed by atoms with Crippen LogP contribution < -0.4 is 0 Å². The first-order valence-corrected chi connectivity index (χ1v) is 12.6. The van der Waals surface area contributed by atoms with E-state index in [0.29, 0.717) is 35.2 Å². The predicted molar refractivity (Wildman–Crippen MR) is 115 cm³/mol. The average Bonchev–Trinajstić information content (AvgIpc) is 3.06. The molecule has 5 aliphatic rings. The Balaban J connectivity index is 1.50. The second-order valence-corrected chi connectivity index (χ2v) is 11.7. The van der Waals surface area contributed by atoms with E-state index in [1.54, 1.807) is 6.92 Å². The zero-order chi connectivity index (χ0) is 21.1. The molecule has 1 saturated heterocycles. The fourth-order valence-electron chi connectivity index (χ4n) is 8.94. The highest BCUT2D eigenvalue weighted by molar-refractivity contribution is 5.80. The fourth-order valence-corrected chi connectivity index (χ4v) is 8.94. The van der Waals surface area contributed by atoms with Crippen molar-refractivity contribution in [1.29, 1.82) is 0 Å². The van der Waals surface area contributed by atoms with Crippen molar-refractivity contribution in [2.75, 3.05) is 6.61 Å². The minimum absolute atomic E-state index is 0.0556. The maximum absolute atomic E-state index is 12.6.